The molecule has 0 bridgehead atoms. The first-order valence-electron chi connectivity index (χ1n) is 17.7. The van der Waals surface area contributed by atoms with E-state index in [1.165, 1.54) is 0 Å². The third-order valence-electron chi connectivity index (χ3n) is 9.79. The highest BCUT2D eigenvalue weighted by molar-refractivity contribution is 7.91. The van der Waals surface area contributed by atoms with Crippen LogP contribution in [0.25, 0.3) is 66.1 Å². The summed E-state index contributed by atoms with van der Waals surface area (Å²) in [5, 5.41) is 3.79. The molecule has 4 heterocycles. The van der Waals surface area contributed by atoms with E-state index in [1.807, 2.05) is 44.2 Å². The summed E-state index contributed by atoms with van der Waals surface area (Å²) in [5.41, 5.74) is 14.8. The van der Waals surface area contributed by atoms with Gasteiger partial charge in [0.2, 0.25) is 0 Å². The number of rotatable bonds is 8. The van der Waals surface area contributed by atoms with E-state index in [9.17, 15) is 21.6 Å². The molecule has 56 heavy (non-hydrogen) atoms. The van der Waals surface area contributed by atoms with Crippen LogP contribution in [0.1, 0.15) is 35.3 Å². The molecular formula is C42H38ClN5O6S2. The zero-order valence-electron chi connectivity index (χ0n) is 31.2. The lowest BCUT2D eigenvalue weighted by atomic mass is 9.97. The Balaban J connectivity index is 0.000000172. The number of nitrogens with two attached hydrogens (primary N) is 1. The molecule has 8 aromatic rings. The zero-order valence-corrected chi connectivity index (χ0v) is 33.6. The van der Waals surface area contributed by atoms with Gasteiger partial charge in [-0.25, -0.2) is 26.8 Å². The molecule has 4 aromatic carbocycles. The SMILES string of the molecule is CCS(=O)(=O)c1cccc(-c2cc(Cl)c(C=O)c3[nH]c4ncc(C)cc4c23)c1.CCS(=O)(=O)c1cccc(-c2cc(N)c(OC)c3[nH]c4ncc(C)cc4c23)c1. The third kappa shape index (κ3) is 6.76. The number of nitrogens with one attached hydrogen (secondary N) is 2. The molecule has 11 nitrogen and oxygen atoms in total. The Hall–Kier alpha value is -5.76. The van der Waals surface area contributed by atoms with Gasteiger partial charge in [0.1, 0.15) is 11.3 Å². The van der Waals surface area contributed by atoms with Crippen molar-refractivity contribution in [3.05, 3.63) is 107 Å². The molecule has 0 saturated carbocycles. The maximum Gasteiger partial charge on any atom is 0.178 e. The van der Waals surface area contributed by atoms with E-state index < -0.39 is 19.7 Å². The van der Waals surface area contributed by atoms with Crippen LogP contribution in [0.4, 0.5) is 5.69 Å². The second-order valence-electron chi connectivity index (χ2n) is 13.4. The minimum absolute atomic E-state index is 0.0207. The van der Waals surface area contributed by atoms with Gasteiger partial charge in [-0.2, -0.15) is 0 Å². The molecule has 286 valence electrons. The van der Waals surface area contributed by atoms with Crippen molar-refractivity contribution in [1.29, 1.82) is 0 Å². The van der Waals surface area contributed by atoms with Crippen molar-refractivity contribution in [3.63, 3.8) is 0 Å². The summed E-state index contributed by atoms with van der Waals surface area (Å²) < 4.78 is 54.9. The quantitative estimate of drug-likeness (QED) is 0.0998. The Kier molecular flexibility index (Phi) is 10.1. The molecule has 0 amide bonds. The molecule has 0 atom stereocenters. The number of aldehydes is 1. The predicted molar refractivity (Wildman–Crippen MR) is 224 cm³/mol. The van der Waals surface area contributed by atoms with Gasteiger partial charge >= 0.3 is 0 Å². The van der Waals surface area contributed by atoms with Crippen molar-refractivity contribution in [2.75, 3.05) is 24.3 Å². The van der Waals surface area contributed by atoms with Gasteiger partial charge in [0.05, 0.1) is 55.7 Å². The lowest BCUT2D eigenvalue weighted by Gasteiger charge is -2.12. The van der Waals surface area contributed by atoms with Crippen LogP contribution in [0.5, 0.6) is 5.75 Å². The molecular weight excluding hydrogens is 770 g/mol. The number of ether oxygens (including phenoxy) is 1. The Morgan fingerprint density at radius 2 is 1.21 bits per heavy atom. The molecule has 0 unspecified atom stereocenters. The van der Waals surface area contributed by atoms with Crippen LogP contribution >= 0.6 is 11.6 Å². The average Bonchev–Trinajstić information content (AvgIpc) is 3.75. The number of aromatic nitrogens is 4. The van der Waals surface area contributed by atoms with Crippen molar-refractivity contribution >= 4 is 87.1 Å². The van der Waals surface area contributed by atoms with E-state index in [-0.39, 0.29) is 16.4 Å². The van der Waals surface area contributed by atoms with Crippen LogP contribution in [0.15, 0.2) is 95.0 Å². The number of sulfone groups is 2. The van der Waals surface area contributed by atoms with Gasteiger partial charge in [0, 0.05) is 33.9 Å². The number of carbonyl (C=O) groups excluding carboxylic acids is 1. The normalized spacial score (nSPS) is 12.0. The van der Waals surface area contributed by atoms with E-state index in [2.05, 4.69) is 19.9 Å². The highest BCUT2D eigenvalue weighted by Gasteiger charge is 2.21. The van der Waals surface area contributed by atoms with E-state index in [0.29, 0.717) is 49.9 Å². The van der Waals surface area contributed by atoms with Crippen LogP contribution < -0.4 is 10.5 Å². The van der Waals surface area contributed by atoms with Gasteiger partial charge in [0.25, 0.3) is 0 Å². The monoisotopic (exact) mass is 807 g/mol. The summed E-state index contributed by atoms with van der Waals surface area (Å²) in [5.74, 6) is 0.617. The predicted octanol–water partition coefficient (Wildman–Crippen LogP) is 9.03. The van der Waals surface area contributed by atoms with E-state index in [4.69, 9.17) is 22.1 Å². The van der Waals surface area contributed by atoms with Crippen molar-refractivity contribution in [2.45, 2.75) is 37.5 Å². The Bertz CT molecular complexity index is 3100. The van der Waals surface area contributed by atoms with Crippen LogP contribution in [-0.4, -0.2) is 61.7 Å². The molecule has 0 aliphatic rings. The molecule has 0 spiro atoms. The molecule has 0 aliphatic carbocycles. The molecule has 4 aromatic heterocycles. The highest BCUT2D eigenvalue weighted by Crippen LogP contribution is 2.43. The smallest absolute Gasteiger partial charge is 0.178 e. The molecule has 0 aliphatic heterocycles. The van der Waals surface area contributed by atoms with Crippen molar-refractivity contribution in [2.24, 2.45) is 0 Å². The number of nitrogens with zero attached hydrogens (tertiary/aromatic N) is 2. The number of methoxy groups -OCH3 is 1. The number of carbonyl (C=O) groups is 1. The topological polar surface area (TPSA) is 178 Å². The van der Waals surface area contributed by atoms with Crippen LogP contribution in [0.2, 0.25) is 5.02 Å². The van der Waals surface area contributed by atoms with Gasteiger partial charge in [-0.1, -0.05) is 49.7 Å². The molecule has 0 radical (unpaired) electrons. The second-order valence-corrected chi connectivity index (χ2v) is 18.4. The second kappa shape index (κ2) is 14.7. The molecule has 14 heteroatoms. The fourth-order valence-electron chi connectivity index (χ4n) is 6.95. The number of benzene rings is 4. The highest BCUT2D eigenvalue weighted by atomic mass is 35.5. The van der Waals surface area contributed by atoms with Gasteiger partial charge in [-0.3, -0.25) is 4.79 Å². The fraction of sp³-hybridized carbons (Fsp3) is 0.167. The number of aromatic amines is 2. The zero-order chi connectivity index (χ0) is 40.1. The van der Waals surface area contributed by atoms with Crippen molar-refractivity contribution in [3.8, 4) is 28.0 Å². The minimum atomic E-state index is -3.35. The standard InChI is InChI=1S/C21H17ClN2O3S.C21H21N3O3S/c1-3-28(26,27)14-6-4-5-13(8-14)15-9-18(22)17(11-25)20-19(15)16-7-12(2)10-23-21(16)24-20;1-4-28(25,26)14-7-5-6-13(9-14)15-10-17(22)20(27-3)19-18(15)16-8-12(2)11-23-21(16)24-19/h4-11H,3H2,1-2H3,(H,23,24);5-11H,4,22H2,1-3H3,(H,23,24). The number of hydrogen-bond donors (Lipinski definition) is 3. The van der Waals surface area contributed by atoms with Gasteiger partial charge in [0.15, 0.2) is 31.7 Å². The maximum absolute atomic E-state index is 12.4. The summed E-state index contributed by atoms with van der Waals surface area (Å²) in [6, 6.07) is 21.3. The Morgan fingerprint density at radius 3 is 1.70 bits per heavy atom. The molecule has 0 saturated heterocycles. The largest absolute Gasteiger partial charge is 0.492 e. The number of hydrogen-bond acceptors (Lipinski definition) is 9. The number of anilines is 1. The fourth-order valence-corrected chi connectivity index (χ4v) is 9.05. The first kappa shape index (κ1) is 38.5. The summed E-state index contributed by atoms with van der Waals surface area (Å²) in [7, 11) is -5.09. The van der Waals surface area contributed by atoms with Gasteiger partial charge in [-0.05, 0) is 95.8 Å². The number of H-pyrrole nitrogens is 2. The summed E-state index contributed by atoms with van der Waals surface area (Å²) >= 11 is 6.38. The maximum atomic E-state index is 12.4. The lowest BCUT2D eigenvalue weighted by Crippen LogP contribution is -2.03. The molecule has 0 fully saturated rings. The summed E-state index contributed by atoms with van der Waals surface area (Å²) in [4.78, 5) is 27.6. The molecule has 8 rings (SSSR count). The lowest BCUT2D eigenvalue weighted by molar-refractivity contribution is 0.112. The minimum Gasteiger partial charge on any atom is -0.492 e. The van der Waals surface area contributed by atoms with Crippen LogP contribution in [-0.2, 0) is 19.7 Å². The number of pyridine rings is 2. The van der Waals surface area contributed by atoms with E-state index in [1.54, 1.807) is 75.8 Å². The van der Waals surface area contributed by atoms with Crippen molar-refractivity contribution < 1.29 is 26.4 Å². The Labute approximate surface area is 328 Å². The van der Waals surface area contributed by atoms with E-state index in [0.717, 1.165) is 60.5 Å². The number of fused-ring (bicyclic) bond motifs is 6. The number of nitrogen functional groups attached to an aromatic ring is 1. The summed E-state index contributed by atoms with van der Waals surface area (Å²) in [6.07, 6.45) is 4.25. The van der Waals surface area contributed by atoms with Gasteiger partial charge in [-0.15, -0.1) is 0 Å². The average molecular weight is 808 g/mol. The first-order chi connectivity index (χ1) is 26.7. The number of aryl methyl sites for hydroxylation is 2. The molecule has 4 N–H and O–H groups in total. The van der Waals surface area contributed by atoms with Crippen LogP contribution in [0, 0.1) is 13.8 Å². The van der Waals surface area contributed by atoms with Crippen molar-refractivity contribution in [1.82, 2.24) is 19.9 Å². The first-order valence-corrected chi connectivity index (χ1v) is 21.4. The summed E-state index contributed by atoms with van der Waals surface area (Å²) in [6.45, 7) is 7.17. The van der Waals surface area contributed by atoms with E-state index >= 15 is 0 Å². The number of halogens is 1. The third-order valence-corrected chi connectivity index (χ3v) is 13.6. The van der Waals surface area contributed by atoms with Crippen LogP contribution in [0.3, 0.4) is 0 Å². The van der Waals surface area contributed by atoms with Gasteiger partial charge < -0.3 is 20.4 Å². The Morgan fingerprint density at radius 1 is 0.732 bits per heavy atom.